The van der Waals surface area contributed by atoms with E-state index in [1.165, 1.54) is 0 Å². The van der Waals surface area contributed by atoms with Crippen molar-refractivity contribution >= 4 is 14.2 Å². The third-order valence-corrected chi connectivity index (χ3v) is 12.6. The number of methoxy groups -OCH3 is 1. The van der Waals surface area contributed by atoms with Crippen LogP contribution < -0.4 is 14.8 Å². The highest BCUT2D eigenvalue weighted by atomic mass is 28.4. The van der Waals surface area contributed by atoms with Gasteiger partial charge in [0, 0.05) is 25.1 Å². The lowest BCUT2D eigenvalue weighted by Crippen LogP contribution is -2.49. The van der Waals surface area contributed by atoms with Crippen LogP contribution in [0.3, 0.4) is 0 Å². The average Bonchev–Trinajstić information content (AvgIpc) is 3.51. The molecule has 2 aliphatic rings. The Bertz CT molecular complexity index is 1170. The molecule has 1 fully saturated rings. The molecule has 2 aliphatic heterocycles. The normalized spacial score (nSPS) is 21.5. The van der Waals surface area contributed by atoms with Crippen LogP contribution in [0, 0.1) is 0 Å². The second-order valence-electron chi connectivity index (χ2n) is 12.5. The zero-order valence-corrected chi connectivity index (χ0v) is 26.5. The van der Waals surface area contributed by atoms with Crippen molar-refractivity contribution in [2.24, 2.45) is 0 Å². The van der Waals surface area contributed by atoms with E-state index in [1.54, 1.807) is 19.2 Å². The molecule has 4 rings (SSSR count). The van der Waals surface area contributed by atoms with Crippen LogP contribution in [0.4, 0.5) is 0 Å². The first-order chi connectivity index (χ1) is 19.3. The maximum atomic E-state index is 13.1. The standard InChI is InChI=1S/C31H45NO8Si/c1-30(2,3)41(7,8)38-18-26-28(40-31(4,5)39-26)27(37-19-34-6)23(17-32-29(33)21-12-10-9-11-13-21)22-14-15-24-25(16-22)36-20-35-24/h9-16,23,26-28H,17-20H2,1-8H3,(H,32,33)/t23-,26-,27?,28+/m0/s1. The van der Waals surface area contributed by atoms with Gasteiger partial charge in [-0.1, -0.05) is 45.0 Å². The molecule has 226 valence electrons. The maximum Gasteiger partial charge on any atom is 0.251 e. The molecule has 1 amide bonds. The largest absolute Gasteiger partial charge is 0.454 e. The van der Waals surface area contributed by atoms with Crippen LogP contribution >= 0.6 is 0 Å². The summed E-state index contributed by atoms with van der Waals surface area (Å²) in [6, 6.07) is 14.9. The summed E-state index contributed by atoms with van der Waals surface area (Å²) in [6.07, 6.45) is -1.46. The fourth-order valence-corrected chi connectivity index (χ4v) is 5.84. The van der Waals surface area contributed by atoms with Gasteiger partial charge < -0.3 is 38.2 Å². The van der Waals surface area contributed by atoms with Gasteiger partial charge >= 0.3 is 0 Å². The lowest BCUT2D eigenvalue weighted by atomic mass is 9.87. The van der Waals surface area contributed by atoms with Gasteiger partial charge in [0.1, 0.15) is 19.0 Å². The van der Waals surface area contributed by atoms with Crippen LogP contribution in [-0.2, 0) is 23.4 Å². The summed E-state index contributed by atoms with van der Waals surface area (Å²) in [5.74, 6) is -0.0478. The van der Waals surface area contributed by atoms with Crippen LogP contribution in [0.5, 0.6) is 11.5 Å². The molecule has 2 heterocycles. The Morgan fingerprint density at radius 2 is 1.78 bits per heavy atom. The highest BCUT2D eigenvalue weighted by molar-refractivity contribution is 6.74. The third-order valence-electron chi connectivity index (χ3n) is 8.08. The topological polar surface area (TPSA) is 93.7 Å². The van der Waals surface area contributed by atoms with Gasteiger partial charge in [0.25, 0.3) is 5.91 Å². The Morgan fingerprint density at radius 3 is 2.46 bits per heavy atom. The van der Waals surface area contributed by atoms with E-state index in [0.29, 0.717) is 23.7 Å². The molecule has 1 unspecified atom stereocenters. The zero-order chi connectivity index (χ0) is 29.8. The molecule has 9 nitrogen and oxygen atoms in total. The molecular weight excluding hydrogens is 542 g/mol. The SMILES string of the molecule is COCOC([C@@H](CNC(=O)c1ccccc1)c1ccc2c(c1)OCO2)[C@@H]1OC(C)(C)O[C@H]1CO[Si](C)(C)C(C)(C)C. The monoisotopic (exact) mass is 587 g/mol. The number of rotatable bonds is 12. The van der Waals surface area contributed by atoms with E-state index >= 15 is 0 Å². The summed E-state index contributed by atoms with van der Waals surface area (Å²) in [7, 11) is -0.486. The molecule has 0 bridgehead atoms. The van der Waals surface area contributed by atoms with Gasteiger partial charge in [-0.25, -0.2) is 0 Å². The van der Waals surface area contributed by atoms with Gasteiger partial charge in [-0.3, -0.25) is 4.79 Å². The molecule has 0 aliphatic carbocycles. The van der Waals surface area contributed by atoms with Crippen molar-refractivity contribution in [3.05, 3.63) is 59.7 Å². The molecule has 1 N–H and O–H groups in total. The summed E-state index contributed by atoms with van der Waals surface area (Å²) in [6.45, 7) is 15.7. The van der Waals surface area contributed by atoms with Crippen molar-refractivity contribution in [1.82, 2.24) is 5.32 Å². The van der Waals surface area contributed by atoms with Crippen molar-refractivity contribution in [2.45, 2.75) is 82.8 Å². The number of carbonyl (C=O) groups excluding carboxylic acids is 1. The predicted molar refractivity (Wildman–Crippen MR) is 158 cm³/mol. The number of nitrogens with one attached hydrogen (secondary N) is 1. The second-order valence-corrected chi connectivity index (χ2v) is 17.4. The minimum absolute atomic E-state index is 0.0362. The Kier molecular flexibility index (Phi) is 9.83. The van der Waals surface area contributed by atoms with E-state index in [1.807, 2.05) is 50.2 Å². The number of benzene rings is 2. The number of carbonyl (C=O) groups is 1. The third kappa shape index (κ3) is 7.68. The molecule has 0 saturated carbocycles. The molecule has 10 heteroatoms. The quantitative estimate of drug-likeness (QED) is 0.259. The predicted octanol–water partition coefficient (Wildman–Crippen LogP) is 5.46. The van der Waals surface area contributed by atoms with Crippen LogP contribution in [-0.4, -0.2) is 72.2 Å². The molecule has 41 heavy (non-hydrogen) atoms. The summed E-state index contributed by atoms with van der Waals surface area (Å²) < 4.78 is 42.5. The molecule has 0 radical (unpaired) electrons. The first kappa shape index (κ1) is 31.5. The molecule has 2 aromatic rings. The average molecular weight is 588 g/mol. The first-order valence-corrected chi connectivity index (χ1v) is 17.0. The molecular formula is C31H45NO8Si. The van der Waals surface area contributed by atoms with Crippen LogP contribution in [0.25, 0.3) is 0 Å². The van der Waals surface area contributed by atoms with Gasteiger partial charge in [0.2, 0.25) is 6.79 Å². The Labute approximate surface area is 244 Å². The first-order valence-electron chi connectivity index (χ1n) is 14.1. The number of fused-ring (bicyclic) bond motifs is 1. The minimum Gasteiger partial charge on any atom is -0.454 e. The van der Waals surface area contributed by atoms with Gasteiger partial charge in [0.15, 0.2) is 25.6 Å². The van der Waals surface area contributed by atoms with E-state index in [0.717, 1.165) is 5.56 Å². The van der Waals surface area contributed by atoms with Crippen LogP contribution in [0.15, 0.2) is 48.5 Å². The van der Waals surface area contributed by atoms with E-state index in [2.05, 4.69) is 39.2 Å². The lowest BCUT2D eigenvalue weighted by molar-refractivity contribution is -0.173. The smallest absolute Gasteiger partial charge is 0.251 e. The fourth-order valence-electron chi connectivity index (χ4n) is 4.83. The van der Waals surface area contributed by atoms with Gasteiger partial charge in [0.05, 0.1) is 12.7 Å². The minimum atomic E-state index is -2.07. The van der Waals surface area contributed by atoms with E-state index < -0.39 is 32.4 Å². The second kappa shape index (κ2) is 12.8. The zero-order valence-electron chi connectivity index (χ0n) is 25.5. The van der Waals surface area contributed by atoms with Crippen molar-refractivity contribution in [2.75, 3.05) is 33.8 Å². The van der Waals surface area contributed by atoms with E-state index in [4.69, 9.17) is 32.8 Å². The molecule has 4 atom stereocenters. The summed E-state index contributed by atoms with van der Waals surface area (Å²) in [4.78, 5) is 13.1. The molecule has 0 aromatic heterocycles. The van der Waals surface area contributed by atoms with Crippen LogP contribution in [0.2, 0.25) is 18.1 Å². The Morgan fingerprint density at radius 1 is 1.07 bits per heavy atom. The molecule has 1 saturated heterocycles. The Balaban J connectivity index is 1.66. The summed E-state index contributed by atoms with van der Waals surface area (Å²) in [5.41, 5.74) is 1.48. The molecule has 2 aromatic carbocycles. The van der Waals surface area contributed by atoms with Gasteiger partial charge in [-0.2, -0.15) is 0 Å². The van der Waals surface area contributed by atoms with Gasteiger partial charge in [-0.05, 0) is 61.8 Å². The summed E-state index contributed by atoms with van der Waals surface area (Å²) in [5, 5.41) is 3.15. The maximum absolute atomic E-state index is 13.1. The highest BCUT2D eigenvalue weighted by Gasteiger charge is 2.49. The van der Waals surface area contributed by atoms with Crippen molar-refractivity contribution in [3.8, 4) is 11.5 Å². The number of hydrogen-bond donors (Lipinski definition) is 1. The fraction of sp³-hybridized carbons (Fsp3) is 0.581. The van der Waals surface area contributed by atoms with E-state index in [-0.39, 0.29) is 37.0 Å². The number of amides is 1. The number of ether oxygens (including phenoxy) is 6. The number of hydrogen-bond acceptors (Lipinski definition) is 8. The van der Waals surface area contributed by atoms with Crippen molar-refractivity contribution in [1.29, 1.82) is 0 Å². The summed E-state index contributed by atoms with van der Waals surface area (Å²) >= 11 is 0. The van der Waals surface area contributed by atoms with E-state index in [9.17, 15) is 4.79 Å². The van der Waals surface area contributed by atoms with Crippen molar-refractivity contribution in [3.63, 3.8) is 0 Å². The van der Waals surface area contributed by atoms with Crippen molar-refractivity contribution < 1.29 is 37.6 Å². The molecule has 0 spiro atoms. The highest BCUT2D eigenvalue weighted by Crippen LogP contribution is 2.41. The van der Waals surface area contributed by atoms with Crippen LogP contribution in [0.1, 0.15) is 56.5 Å². The Hall–Kier alpha value is -2.47. The van der Waals surface area contributed by atoms with Gasteiger partial charge in [-0.15, -0.1) is 0 Å². The lowest BCUT2D eigenvalue weighted by Gasteiger charge is -2.38.